The summed E-state index contributed by atoms with van der Waals surface area (Å²) in [5.41, 5.74) is 1.25. The number of anilines is 1. The zero-order valence-corrected chi connectivity index (χ0v) is 15.8. The lowest BCUT2D eigenvalue weighted by molar-refractivity contribution is -0.117. The van der Waals surface area contributed by atoms with Crippen LogP contribution in [0.4, 0.5) is 5.69 Å². The van der Waals surface area contributed by atoms with Crippen molar-refractivity contribution in [3.63, 3.8) is 0 Å². The smallest absolute Gasteiger partial charge is 0.255 e. The Morgan fingerprint density at radius 3 is 2.69 bits per heavy atom. The molecule has 0 aromatic heterocycles. The molecule has 2 atom stereocenters. The normalized spacial score (nSPS) is 21.9. The topological polar surface area (TPSA) is 61.4 Å². The van der Waals surface area contributed by atoms with E-state index in [4.69, 9.17) is 0 Å². The maximum absolute atomic E-state index is 12.8. The molecule has 2 heterocycles. The van der Waals surface area contributed by atoms with Crippen molar-refractivity contribution in [3.8, 4) is 0 Å². The molecule has 2 saturated heterocycles. The van der Waals surface area contributed by atoms with E-state index < -0.39 is 0 Å². The predicted octanol–water partition coefficient (Wildman–Crippen LogP) is 3.28. The second-order valence-corrected chi connectivity index (χ2v) is 7.73. The monoisotopic (exact) mass is 357 g/mol. The van der Waals surface area contributed by atoms with Crippen LogP contribution in [-0.2, 0) is 4.79 Å². The van der Waals surface area contributed by atoms with Gasteiger partial charge in [-0.05, 0) is 69.2 Å². The molecular weight excluding hydrogens is 326 g/mol. The van der Waals surface area contributed by atoms with Gasteiger partial charge in [0, 0.05) is 19.5 Å². The molecule has 2 aliphatic heterocycles. The summed E-state index contributed by atoms with van der Waals surface area (Å²) in [4.78, 5) is 27.3. The van der Waals surface area contributed by atoms with E-state index in [0.29, 0.717) is 29.5 Å². The number of likely N-dealkylation sites (tertiary alicyclic amines) is 1. The molecule has 1 aromatic rings. The highest BCUT2D eigenvalue weighted by Crippen LogP contribution is 2.24. The third-order valence-corrected chi connectivity index (χ3v) is 5.72. The Bertz CT molecular complexity index is 619. The van der Waals surface area contributed by atoms with Crippen LogP contribution in [0, 0.1) is 11.8 Å². The minimum Gasteiger partial charge on any atom is -0.339 e. The Morgan fingerprint density at radius 1 is 1.19 bits per heavy atom. The summed E-state index contributed by atoms with van der Waals surface area (Å²) < 4.78 is 0. The van der Waals surface area contributed by atoms with Crippen LogP contribution in [0.15, 0.2) is 24.3 Å². The Morgan fingerprint density at radius 2 is 1.96 bits per heavy atom. The van der Waals surface area contributed by atoms with Gasteiger partial charge in [0.25, 0.3) is 5.91 Å². The molecule has 0 spiro atoms. The van der Waals surface area contributed by atoms with Crippen LogP contribution in [0.5, 0.6) is 0 Å². The largest absolute Gasteiger partial charge is 0.339 e. The van der Waals surface area contributed by atoms with Crippen molar-refractivity contribution in [2.24, 2.45) is 11.8 Å². The van der Waals surface area contributed by atoms with Crippen molar-refractivity contribution in [1.29, 1.82) is 0 Å². The molecule has 2 fully saturated rings. The van der Waals surface area contributed by atoms with Gasteiger partial charge < -0.3 is 15.5 Å². The van der Waals surface area contributed by atoms with Gasteiger partial charge in [-0.2, -0.15) is 0 Å². The number of rotatable bonds is 5. The number of hydrogen-bond donors (Lipinski definition) is 2. The Hall–Kier alpha value is -1.88. The third kappa shape index (κ3) is 4.85. The second kappa shape index (κ2) is 9.17. The maximum Gasteiger partial charge on any atom is 0.255 e. The minimum absolute atomic E-state index is 0.00182. The van der Waals surface area contributed by atoms with Crippen molar-refractivity contribution in [2.45, 2.75) is 45.4 Å². The standard InChI is InChI=1S/C21H31N3O2/c1-16(17-8-7-11-22-15-17)14-20(25)23-19-10-4-3-9-18(19)21(26)24-12-5-2-6-13-24/h3-4,9-10,16-17,22H,2,5-8,11-15H2,1H3,(H,23,25). The quantitative estimate of drug-likeness (QED) is 0.850. The van der Waals surface area contributed by atoms with Gasteiger partial charge in [0.1, 0.15) is 0 Å². The third-order valence-electron chi connectivity index (χ3n) is 5.72. The van der Waals surface area contributed by atoms with Crippen LogP contribution in [0.2, 0.25) is 0 Å². The van der Waals surface area contributed by atoms with Crippen molar-refractivity contribution < 1.29 is 9.59 Å². The molecule has 0 saturated carbocycles. The second-order valence-electron chi connectivity index (χ2n) is 7.73. The molecule has 142 valence electrons. The summed E-state index contributed by atoms with van der Waals surface area (Å²) in [6, 6.07) is 7.39. The fourth-order valence-corrected chi connectivity index (χ4v) is 4.07. The molecule has 5 nitrogen and oxygen atoms in total. The lowest BCUT2D eigenvalue weighted by atomic mass is 9.85. The van der Waals surface area contributed by atoms with Gasteiger partial charge in [0.15, 0.2) is 0 Å². The minimum atomic E-state index is 0.00182. The van der Waals surface area contributed by atoms with Crippen LogP contribution in [0.3, 0.4) is 0 Å². The Labute approximate surface area is 156 Å². The van der Waals surface area contributed by atoms with Crippen molar-refractivity contribution in [1.82, 2.24) is 10.2 Å². The fourth-order valence-electron chi connectivity index (χ4n) is 4.07. The molecule has 1 aromatic carbocycles. The molecule has 2 aliphatic rings. The fraction of sp³-hybridized carbons (Fsp3) is 0.619. The van der Waals surface area contributed by atoms with E-state index in [1.807, 2.05) is 29.2 Å². The zero-order chi connectivity index (χ0) is 18.4. The van der Waals surface area contributed by atoms with Gasteiger partial charge in [0.05, 0.1) is 11.3 Å². The van der Waals surface area contributed by atoms with Crippen LogP contribution >= 0.6 is 0 Å². The van der Waals surface area contributed by atoms with Gasteiger partial charge in [-0.25, -0.2) is 0 Å². The highest BCUT2D eigenvalue weighted by atomic mass is 16.2. The van der Waals surface area contributed by atoms with Crippen LogP contribution in [-0.4, -0.2) is 42.9 Å². The summed E-state index contributed by atoms with van der Waals surface area (Å²) >= 11 is 0. The molecule has 2 N–H and O–H groups in total. The van der Waals surface area contributed by atoms with E-state index >= 15 is 0 Å². The molecule has 0 aliphatic carbocycles. The number of nitrogens with zero attached hydrogens (tertiary/aromatic N) is 1. The zero-order valence-electron chi connectivity index (χ0n) is 15.8. The van der Waals surface area contributed by atoms with Crippen LogP contribution in [0.25, 0.3) is 0 Å². The number of benzene rings is 1. The SMILES string of the molecule is CC(CC(=O)Nc1ccccc1C(=O)N1CCCCC1)C1CCCNC1. The average Bonchev–Trinajstić information content (AvgIpc) is 2.69. The molecule has 2 unspecified atom stereocenters. The van der Waals surface area contributed by atoms with E-state index in [2.05, 4.69) is 17.6 Å². The molecule has 0 bridgehead atoms. The number of para-hydroxylation sites is 1. The Kier molecular flexibility index (Phi) is 6.67. The molecular formula is C21H31N3O2. The van der Waals surface area contributed by atoms with E-state index in [9.17, 15) is 9.59 Å². The highest BCUT2D eigenvalue weighted by molar-refractivity contribution is 6.03. The van der Waals surface area contributed by atoms with E-state index in [0.717, 1.165) is 39.0 Å². The van der Waals surface area contributed by atoms with E-state index in [-0.39, 0.29) is 11.8 Å². The number of hydrogen-bond acceptors (Lipinski definition) is 3. The summed E-state index contributed by atoms with van der Waals surface area (Å²) in [6.45, 7) is 5.86. The molecule has 5 heteroatoms. The van der Waals surface area contributed by atoms with Gasteiger partial charge in [-0.1, -0.05) is 19.1 Å². The first-order valence-electron chi connectivity index (χ1n) is 10.0. The van der Waals surface area contributed by atoms with E-state index in [1.165, 1.54) is 19.3 Å². The number of piperidine rings is 2. The molecule has 0 radical (unpaired) electrons. The number of nitrogens with one attached hydrogen (secondary N) is 2. The Balaban J connectivity index is 1.61. The average molecular weight is 357 g/mol. The van der Waals surface area contributed by atoms with E-state index in [1.54, 1.807) is 0 Å². The predicted molar refractivity (Wildman–Crippen MR) is 104 cm³/mol. The summed E-state index contributed by atoms with van der Waals surface area (Å²) in [6.07, 6.45) is 6.18. The van der Waals surface area contributed by atoms with Crippen molar-refractivity contribution in [3.05, 3.63) is 29.8 Å². The molecule has 2 amide bonds. The lowest BCUT2D eigenvalue weighted by Crippen LogP contribution is -2.36. The number of carbonyl (C=O) groups is 2. The van der Waals surface area contributed by atoms with Gasteiger partial charge >= 0.3 is 0 Å². The molecule has 3 rings (SSSR count). The summed E-state index contributed by atoms with van der Waals surface area (Å²) in [7, 11) is 0. The first-order chi connectivity index (χ1) is 12.6. The van der Waals surface area contributed by atoms with Crippen molar-refractivity contribution in [2.75, 3.05) is 31.5 Å². The number of carbonyl (C=O) groups excluding carboxylic acids is 2. The highest BCUT2D eigenvalue weighted by Gasteiger charge is 2.24. The first kappa shape index (κ1) is 18.9. The molecule has 26 heavy (non-hydrogen) atoms. The lowest BCUT2D eigenvalue weighted by Gasteiger charge is -2.28. The van der Waals surface area contributed by atoms with Crippen LogP contribution < -0.4 is 10.6 Å². The van der Waals surface area contributed by atoms with Gasteiger partial charge in [-0.3, -0.25) is 9.59 Å². The summed E-state index contributed by atoms with van der Waals surface area (Å²) in [5, 5.41) is 6.41. The summed E-state index contributed by atoms with van der Waals surface area (Å²) in [5.74, 6) is 0.930. The van der Waals surface area contributed by atoms with Crippen molar-refractivity contribution >= 4 is 17.5 Å². The first-order valence-corrected chi connectivity index (χ1v) is 10.0. The maximum atomic E-state index is 12.8. The van der Waals surface area contributed by atoms with Gasteiger partial charge in [0.2, 0.25) is 5.91 Å². The van der Waals surface area contributed by atoms with Gasteiger partial charge in [-0.15, -0.1) is 0 Å². The van der Waals surface area contributed by atoms with Crippen LogP contribution in [0.1, 0.15) is 55.8 Å². The number of amides is 2.